The third kappa shape index (κ3) is 3.58. The number of amides is 1. The summed E-state index contributed by atoms with van der Waals surface area (Å²) in [6.45, 7) is 5.42. The highest BCUT2D eigenvalue weighted by atomic mass is 16.5. The molecule has 3 aromatic rings. The van der Waals surface area contributed by atoms with E-state index >= 15 is 0 Å². The molecule has 3 rings (SSSR count). The highest BCUT2D eigenvalue weighted by Gasteiger charge is 2.18. The number of anilines is 1. The average molecular weight is 356 g/mol. The number of hydrogen-bond donors (Lipinski definition) is 1. The summed E-state index contributed by atoms with van der Waals surface area (Å²) in [6, 6.07) is 6.46. The van der Waals surface area contributed by atoms with Crippen LogP contribution in [0.25, 0.3) is 11.0 Å². The molecule has 0 aliphatic heterocycles. The Morgan fingerprint density at radius 1 is 1.38 bits per heavy atom. The summed E-state index contributed by atoms with van der Waals surface area (Å²) in [5.74, 6) is 1.18. The number of hydrogen-bond acceptors (Lipinski definition) is 6. The van der Waals surface area contributed by atoms with Crippen molar-refractivity contribution >= 4 is 22.8 Å². The summed E-state index contributed by atoms with van der Waals surface area (Å²) in [4.78, 5) is 28.0. The number of carbonyl (C=O) groups is 1. The Morgan fingerprint density at radius 3 is 2.85 bits per heavy atom. The smallest absolute Gasteiger partial charge is 0.336 e. The van der Waals surface area contributed by atoms with Crippen LogP contribution in [0.15, 0.2) is 33.5 Å². The summed E-state index contributed by atoms with van der Waals surface area (Å²) >= 11 is 0. The van der Waals surface area contributed by atoms with Gasteiger partial charge in [-0.15, -0.1) is 5.10 Å². The molecule has 1 unspecified atom stereocenters. The van der Waals surface area contributed by atoms with Crippen molar-refractivity contribution in [1.29, 1.82) is 0 Å². The van der Waals surface area contributed by atoms with Crippen LogP contribution >= 0.6 is 0 Å². The minimum Gasteiger partial charge on any atom is -0.481 e. The molecule has 2 heterocycles. The SMILES string of the molecule is CCc1nc(NC(=O)C(C)Oc2ccc3oc(=O)cc(C)c3c2)nn1C. The molecule has 0 radical (unpaired) electrons. The van der Waals surface area contributed by atoms with Crippen LogP contribution in [0.3, 0.4) is 0 Å². The van der Waals surface area contributed by atoms with Crippen LogP contribution in [0.4, 0.5) is 5.95 Å². The van der Waals surface area contributed by atoms with Crippen LogP contribution in [-0.2, 0) is 18.3 Å². The van der Waals surface area contributed by atoms with Gasteiger partial charge >= 0.3 is 5.63 Å². The van der Waals surface area contributed by atoms with Gasteiger partial charge in [0, 0.05) is 24.9 Å². The maximum Gasteiger partial charge on any atom is 0.336 e. The first kappa shape index (κ1) is 17.7. The number of fused-ring (bicyclic) bond motifs is 1. The van der Waals surface area contributed by atoms with Gasteiger partial charge in [0.15, 0.2) is 6.10 Å². The van der Waals surface area contributed by atoms with Crippen molar-refractivity contribution in [1.82, 2.24) is 14.8 Å². The van der Waals surface area contributed by atoms with Crippen molar-refractivity contribution in [2.24, 2.45) is 7.05 Å². The number of ether oxygens (including phenoxy) is 1. The lowest BCUT2D eigenvalue weighted by molar-refractivity contribution is -0.122. The fraction of sp³-hybridized carbons (Fsp3) is 0.333. The Bertz CT molecular complexity index is 1020. The van der Waals surface area contributed by atoms with E-state index < -0.39 is 11.7 Å². The quantitative estimate of drug-likeness (QED) is 0.704. The Morgan fingerprint density at radius 2 is 2.15 bits per heavy atom. The van der Waals surface area contributed by atoms with Gasteiger partial charge in [0.25, 0.3) is 5.91 Å². The van der Waals surface area contributed by atoms with Crippen LogP contribution in [-0.4, -0.2) is 26.8 Å². The molecule has 26 heavy (non-hydrogen) atoms. The highest BCUT2D eigenvalue weighted by Crippen LogP contribution is 2.23. The number of carbonyl (C=O) groups excluding carboxylic acids is 1. The standard InChI is InChI=1S/C18H20N4O4/c1-5-15-19-18(21-22(15)4)20-17(24)11(3)25-12-6-7-14-13(9-12)10(2)8-16(23)26-14/h6-9,11H,5H2,1-4H3,(H,20,21,24). The number of aromatic nitrogens is 3. The Kier molecular flexibility index (Phi) is 4.75. The van der Waals surface area contributed by atoms with Gasteiger partial charge in [0.2, 0.25) is 5.95 Å². The van der Waals surface area contributed by atoms with Crippen LogP contribution in [0, 0.1) is 6.92 Å². The van der Waals surface area contributed by atoms with Crippen molar-refractivity contribution in [3.8, 4) is 5.75 Å². The topological polar surface area (TPSA) is 99.2 Å². The number of nitrogens with one attached hydrogen (secondary N) is 1. The number of aryl methyl sites for hydroxylation is 3. The molecule has 0 fully saturated rings. The van der Waals surface area contributed by atoms with E-state index in [0.29, 0.717) is 11.3 Å². The Hall–Kier alpha value is -3.16. The monoisotopic (exact) mass is 356 g/mol. The molecule has 0 saturated heterocycles. The summed E-state index contributed by atoms with van der Waals surface area (Å²) < 4.78 is 12.5. The Labute approximate surface area is 149 Å². The molecule has 8 heteroatoms. The van der Waals surface area contributed by atoms with Crippen molar-refractivity contribution < 1.29 is 13.9 Å². The summed E-state index contributed by atoms with van der Waals surface area (Å²) in [6.07, 6.45) is -0.0322. The minimum atomic E-state index is -0.752. The predicted octanol–water partition coefficient (Wildman–Crippen LogP) is 2.20. The van der Waals surface area contributed by atoms with E-state index in [0.717, 1.165) is 23.2 Å². The number of rotatable bonds is 5. The van der Waals surface area contributed by atoms with Gasteiger partial charge in [-0.3, -0.25) is 14.8 Å². The zero-order valence-corrected chi connectivity index (χ0v) is 15.1. The van der Waals surface area contributed by atoms with Gasteiger partial charge in [-0.2, -0.15) is 4.98 Å². The normalized spacial score (nSPS) is 12.2. The summed E-state index contributed by atoms with van der Waals surface area (Å²) in [5, 5.41) is 7.55. The second kappa shape index (κ2) is 6.99. The Balaban J connectivity index is 1.74. The second-order valence-electron chi connectivity index (χ2n) is 5.98. The van der Waals surface area contributed by atoms with Crippen LogP contribution < -0.4 is 15.7 Å². The fourth-order valence-electron chi connectivity index (χ4n) is 2.62. The van der Waals surface area contributed by atoms with E-state index in [4.69, 9.17) is 9.15 Å². The molecule has 0 aliphatic rings. The van der Waals surface area contributed by atoms with Gasteiger partial charge in [-0.1, -0.05) is 6.92 Å². The predicted molar refractivity (Wildman–Crippen MR) is 96.3 cm³/mol. The number of benzene rings is 1. The van der Waals surface area contributed by atoms with Crippen molar-refractivity contribution in [3.05, 3.63) is 46.1 Å². The van der Waals surface area contributed by atoms with Crippen LogP contribution in [0.1, 0.15) is 25.2 Å². The maximum atomic E-state index is 12.3. The van der Waals surface area contributed by atoms with Gasteiger partial charge in [0.05, 0.1) is 0 Å². The van der Waals surface area contributed by atoms with Crippen LogP contribution in [0.2, 0.25) is 0 Å². The third-order valence-corrected chi connectivity index (χ3v) is 4.01. The van der Waals surface area contributed by atoms with Gasteiger partial charge in [0.1, 0.15) is 17.2 Å². The van der Waals surface area contributed by atoms with Crippen molar-refractivity contribution in [2.75, 3.05) is 5.32 Å². The fourth-order valence-corrected chi connectivity index (χ4v) is 2.62. The molecule has 0 bridgehead atoms. The van der Waals surface area contributed by atoms with Gasteiger partial charge in [-0.05, 0) is 37.6 Å². The lowest BCUT2D eigenvalue weighted by atomic mass is 10.1. The van der Waals surface area contributed by atoms with Crippen LogP contribution in [0.5, 0.6) is 5.75 Å². The molecular weight excluding hydrogens is 336 g/mol. The highest BCUT2D eigenvalue weighted by molar-refractivity contribution is 5.92. The first-order valence-corrected chi connectivity index (χ1v) is 8.29. The number of nitrogens with zero attached hydrogens (tertiary/aromatic N) is 3. The summed E-state index contributed by atoms with van der Waals surface area (Å²) in [5.41, 5.74) is 0.860. The van der Waals surface area contributed by atoms with Gasteiger partial charge < -0.3 is 9.15 Å². The zero-order chi connectivity index (χ0) is 18.8. The lowest BCUT2D eigenvalue weighted by Crippen LogP contribution is -2.30. The van der Waals surface area contributed by atoms with Crippen molar-refractivity contribution in [3.63, 3.8) is 0 Å². The second-order valence-corrected chi connectivity index (χ2v) is 5.98. The van der Waals surface area contributed by atoms with E-state index in [9.17, 15) is 9.59 Å². The molecule has 0 aliphatic carbocycles. The van der Waals surface area contributed by atoms with E-state index in [1.54, 1.807) is 36.9 Å². The first-order valence-electron chi connectivity index (χ1n) is 8.29. The lowest BCUT2D eigenvalue weighted by Gasteiger charge is -2.14. The average Bonchev–Trinajstić information content (AvgIpc) is 2.94. The van der Waals surface area contributed by atoms with Crippen molar-refractivity contribution in [2.45, 2.75) is 33.3 Å². The molecule has 1 amide bonds. The molecule has 8 nitrogen and oxygen atoms in total. The van der Waals surface area contributed by atoms with E-state index in [1.165, 1.54) is 6.07 Å². The van der Waals surface area contributed by atoms with E-state index in [2.05, 4.69) is 15.4 Å². The molecule has 0 saturated carbocycles. The molecule has 2 aromatic heterocycles. The van der Waals surface area contributed by atoms with Gasteiger partial charge in [-0.25, -0.2) is 4.79 Å². The maximum absolute atomic E-state index is 12.3. The molecule has 1 atom stereocenters. The first-order chi connectivity index (χ1) is 12.4. The largest absolute Gasteiger partial charge is 0.481 e. The molecule has 0 spiro atoms. The van der Waals surface area contributed by atoms with E-state index in [1.807, 2.05) is 13.8 Å². The molecule has 1 aromatic carbocycles. The van der Waals surface area contributed by atoms with E-state index in [-0.39, 0.29) is 11.9 Å². The molecular formula is C18H20N4O4. The molecule has 1 N–H and O–H groups in total. The summed E-state index contributed by atoms with van der Waals surface area (Å²) in [7, 11) is 1.77. The zero-order valence-electron chi connectivity index (χ0n) is 15.1. The molecule has 136 valence electrons. The minimum absolute atomic E-state index is 0.251. The third-order valence-electron chi connectivity index (χ3n) is 4.01.